The largest absolute Gasteiger partial charge is 0.259 e. The van der Waals surface area contributed by atoms with E-state index in [1.54, 1.807) is 21.0 Å². The average molecular weight is 916 g/mol. The highest BCUT2D eigenvalue weighted by atomic mass is 35.5. The van der Waals surface area contributed by atoms with Crippen LogP contribution in [0.3, 0.4) is 0 Å². The number of hydrogen-bond donors (Lipinski definition) is 0. The van der Waals surface area contributed by atoms with Gasteiger partial charge in [-0.1, -0.05) is 61.5 Å². The van der Waals surface area contributed by atoms with Crippen molar-refractivity contribution in [2.75, 3.05) is 25.1 Å². The number of piperidine rings is 2. The van der Waals surface area contributed by atoms with Crippen LogP contribution >= 0.6 is 23.2 Å². The number of nitrogens with zero attached hydrogens (tertiary/aromatic N) is 8. The zero-order valence-corrected chi connectivity index (χ0v) is 37.5. The Morgan fingerprint density at radius 1 is 0.689 bits per heavy atom. The lowest BCUT2D eigenvalue weighted by Crippen LogP contribution is -2.45. The topological polar surface area (TPSA) is 152 Å². The molecule has 0 N–H and O–H groups in total. The van der Waals surface area contributed by atoms with Crippen molar-refractivity contribution in [3.63, 3.8) is 0 Å². The second-order valence-electron chi connectivity index (χ2n) is 15.9. The van der Waals surface area contributed by atoms with Crippen LogP contribution in [0.1, 0.15) is 117 Å². The van der Waals surface area contributed by atoms with Crippen LogP contribution in [0.5, 0.6) is 0 Å². The summed E-state index contributed by atoms with van der Waals surface area (Å²) in [5.41, 5.74) is 5.75. The van der Waals surface area contributed by atoms with E-state index in [2.05, 4.69) is 29.9 Å². The van der Waals surface area contributed by atoms with Crippen LogP contribution in [-0.2, 0) is 45.7 Å². The third kappa shape index (κ3) is 10.9. The Balaban J connectivity index is 0.000000185. The maximum absolute atomic E-state index is 14.6. The molecule has 0 saturated carbocycles. The molecule has 61 heavy (non-hydrogen) atoms. The quantitative estimate of drug-likeness (QED) is 0.129. The van der Waals surface area contributed by atoms with Gasteiger partial charge in [0.05, 0.1) is 57.2 Å². The van der Waals surface area contributed by atoms with Crippen molar-refractivity contribution in [2.45, 2.75) is 109 Å². The molecule has 0 aromatic carbocycles. The lowest BCUT2D eigenvalue weighted by molar-refractivity contribution is 0.240. The van der Waals surface area contributed by atoms with Gasteiger partial charge in [-0.15, -0.1) is 0 Å². The zero-order chi connectivity index (χ0) is 43.3. The van der Waals surface area contributed by atoms with Gasteiger partial charge in [-0.05, 0) is 69.9 Å². The normalized spacial score (nSPS) is 19.4. The average Bonchev–Trinajstić information content (AvgIpc) is 3.86. The Morgan fingerprint density at radius 3 is 1.64 bits per heavy atom. The number of unbranched alkanes of at least 4 members (excludes halogenated alkanes) is 1. The first-order chi connectivity index (χ1) is 29.2. The maximum Gasteiger partial charge on any atom is 0.214 e. The van der Waals surface area contributed by atoms with Gasteiger partial charge in [0, 0.05) is 72.7 Å². The van der Waals surface area contributed by atoms with Gasteiger partial charge in [-0.2, -0.15) is 8.61 Å². The number of sulfonamides is 2. The van der Waals surface area contributed by atoms with Gasteiger partial charge in [0.1, 0.15) is 0 Å². The van der Waals surface area contributed by atoms with E-state index in [1.165, 1.54) is 18.6 Å². The van der Waals surface area contributed by atoms with E-state index in [4.69, 9.17) is 23.2 Å². The predicted octanol–water partition coefficient (Wildman–Crippen LogP) is 7.97. The Kier molecular flexibility index (Phi) is 14.6. The number of rotatable bonds is 13. The van der Waals surface area contributed by atoms with Crippen LogP contribution in [0.4, 0.5) is 8.78 Å². The summed E-state index contributed by atoms with van der Waals surface area (Å²) in [7, 11) is -6.56. The van der Waals surface area contributed by atoms with E-state index >= 15 is 0 Å². The van der Waals surface area contributed by atoms with Gasteiger partial charge in [0.25, 0.3) is 0 Å². The van der Waals surface area contributed by atoms with Crippen molar-refractivity contribution in [3.05, 3.63) is 116 Å². The smallest absolute Gasteiger partial charge is 0.214 e. The molecule has 2 fully saturated rings. The van der Waals surface area contributed by atoms with E-state index in [9.17, 15) is 25.6 Å². The third-order valence-electron chi connectivity index (χ3n) is 11.7. The van der Waals surface area contributed by atoms with Crippen molar-refractivity contribution in [1.29, 1.82) is 0 Å². The number of fused-ring (bicyclic) bond motifs is 2. The minimum Gasteiger partial charge on any atom is -0.259 e. The lowest BCUT2D eigenvalue weighted by atomic mass is 9.99. The Hall–Kier alpha value is -3.80. The first-order valence-corrected chi connectivity index (χ1v) is 25.1. The van der Waals surface area contributed by atoms with Crippen LogP contribution in [-0.4, -0.2) is 92.5 Å². The number of allylic oxidation sites excluding steroid dienone is 2. The SMILES string of the molecule is CCCCS(=O)(=O)N1CCCCC1CCc1nc(C2=CCc3ncc(Cl)cc32)ncc1F.CS(=O)(=O)N1CCCC[C@H]1CCc1nc(C2=CCc3ncc(Cl)cc32)ncc1F. The van der Waals surface area contributed by atoms with Crippen molar-refractivity contribution < 1.29 is 25.6 Å². The van der Waals surface area contributed by atoms with Crippen LogP contribution in [0.25, 0.3) is 11.1 Å². The number of aromatic nitrogens is 6. The lowest BCUT2D eigenvalue weighted by Gasteiger charge is -2.34. The first-order valence-electron chi connectivity index (χ1n) is 20.9. The number of hydrogen-bond acceptors (Lipinski definition) is 10. The molecule has 326 valence electrons. The molecule has 2 aliphatic carbocycles. The van der Waals surface area contributed by atoms with E-state index in [1.807, 2.05) is 31.2 Å². The molecule has 4 aromatic rings. The fourth-order valence-electron chi connectivity index (χ4n) is 8.56. The van der Waals surface area contributed by atoms with Gasteiger partial charge in [0.15, 0.2) is 23.3 Å². The minimum atomic E-state index is -3.29. The summed E-state index contributed by atoms with van der Waals surface area (Å²) in [6.07, 6.45) is 20.7. The molecular weight excluding hydrogens is 866 g/mol. The molecule has 0 amide bonds. The van der Waals surface area contributed by atoms with Crippen molar-refractivity contribution in [1.82, 2.24) is 38.5 Å². The van der Waals surface area contributed by atoms with Crippen LogP contribution < -0.4 is 0 Å². The highest BCUT2D eigenvalue weighted by Crippen LogP contribution is 2.34. The molecule has 0 bridgehead atoms. The molecule has 4 aromatic heterocycles. The zero-order valence-electron chi connectivity index (χ0n) is 34.3. The third-order valence-corrected chi connectivity index (χ3v) is 15.4. The van der Waals surface area contributed by atoms with Crippen LogP contribution in [0, 0.1) is 11.6 Å². The van der Waals surface area contributed by atoms with Crippen LogP contribution in [0.15, 0.2) is 49.1 Å². The fourth-order valence-corrected chi connectivity index (χ4v) is 12.1. The second-order valence-corrected chi connectivity index (χ2v) is 20.8. The minimum absolute atomic E-state index is 0.113. The summed E-state index contributed by atoms with van der Waals surface area (Å²) in [6.45, 7) is 3.06. The summed E-state index contributed by atoms with van der Waals surface area (Å²) < 4.78 is 81.9. The first kappa shape index (κ1) is 45.2. The predicted molar refractivity (Wildman–Crippen MR) is 233 cm³/mol. The van der Waals surface area contributed by atoms with E-state index in [-0.39, 0.29) is 17.8 Å². The van der Waals surface area contributed by atoms with E-state index < -0.39 is 31.7 Å². The van der Waals surface area contributed by atoms with Crippen molar-refractivity contribution in [2.24, 2.45) is 0 Å². The summed E-state index contributed by atoms with van der Waals surface area (Å²) in [4.78, 5) is 26.0. The molecule has 0 spiro atoms. The molecular formula is C43H50Cl2F2N8O4S2. The maximum atomic E-state index is 14.6. The summed E-state index contributed by atoms with van der Waals surface area (Å²) in [5.74, 6) is 0.121. The summed E-state index contributed by atoms with van der Waals surface area (Å²) in [6, 6.07) is 3.42. The van der Waals surface area contributed by atoms with E-state index in [0.717, 1.165) is 78.6 Å². The number of aryl methyl sites for hydroxylation is 2. The highest BCUT2D eigenvalue weighted by Gasteiger charge is 2.33. The summed E-state index contributed by atoms with van der Waals surface area (Å²) >= 11 is 12.2. The monoisotopic (exact) mass is 914 g/mol. The Labute approximate surface area is 367 Å². The van der Waals surface area contributed by atoms with Gasteiger partial charge >= 0.3 is 0 Å². The number of pyridine rings is 2. The molecule has 0 radical (unpaired) electrons. The van der Waals surface area contributed by atoms with Gasteiger partial charge in [0.2, 0.25) is 20.0 Å². The standard InChI is InChI=1S/C23H28ClFN4O2S.C20H22ClFN4O2S/c1-2-3-12-32(30,31)29-11-5-4-6-17(29)7-9-22-20(25)15-27-23(28-22)18-8-10-21-19(18)13-16(24)14-26-21;1-29(27,28)26-9-3-2-4-14(26)5-7-19-17(22)12-24-20(25-19)15-6-8-18-16(15)10-13(21)11-23-18/h8,13-15,17H,2-7,9-12H2,1H3;6,10-12,14H,2-5,7-9H2,1H3/t;14-/m.0/s1. The number of halogens is 4. The molecule has 2 saturated heterocycles. The molecule has 6 heterocycles. The van der Waals surface area contributed by atoms with E-state index in [0.29, 0.717) is 91.1 Å². The molecule has 8 rings (SSSR count). The molecule has 2 aliphatic heterocycles. The van der Waals surface area contributed by atoms with Crippen molar-refractivity contribution in [3.8, 4) is 0 Å². The van der Waals surface area contributed by atoms with Gasteiger partial charge < -0.3 is 0 Å². The fraction of sp³-hybridized carbons (Fsp3) is 0.488. The Bertz CT molecular complexity index is 2550. The molecule has 18 heteroatoms. The van der Waals surface area contributed by atoms with Gasteiger partial charge in [-0.3, -0.25) is 9.97 Å². The van der Waals surface area contributed by atoms with Crippen LogP contribution in [0.2, 0.25) is 10.0 Å². The molecule has 2 atom stereocenters. The highest BCUT2D eigenvalue weighted by molar-refractivity contribution is 7.89. The van der Waals surface area contributed by atoms with Crippen molar-refractivity contribution >= 4 is 54.4 Å². The summed E-state index contributed by atoms with van der Waals surface area (Å²) in [5, 5.41) is 1.05. The molecule has 4 aliphatic rings. The van der Waals surface area contributed by atoms with Gasteiger partial charge in [-0.25, -0.2) is 45.6 Å². The molecule has 1 unspecified atom stereocenters. The molecule has 12 nitrogen and oxygen atoms in total. The second kappa shape index (κ2) is 19.7. The Morgan fingerprint density at radius 2 is 1.16 bits per heavy atom.